The Kier molecular flexibility index (Phi) is 2.34. The van der Waals surface area contributed by atoms with Gasteiger partial charge in [0.05, 0.1) is 11.8 Å². The normalized spacial score (nSPS) is 27.6. The zero-order chi connectivity index (χ0) is 9.35. The lowest BCUT2D eigenvalue weighted by molar-refractivity contribution is -0.120. The number of sulfonamides is 1. The lowest BCUT2D eigenvalue weighted by Crippen LogP contribution is -2.59. The molecule has 0 amide bonds. The molecule has 0 N–H and O–H groups in total. The third-order valence-corrected chi connectivity index (χ3v) is 3.71. The van der Waals surface area contributed by atoms with Crippen LogP contribution in [0.2, 0.25) is 0 Å². The molecule has 0 saturated carbocycles. The van der Waals surface area contributed by atoms with Crippen molar-refractivity contribution in [2.24, 2.45) is 0 Å². The van der Waals surface area contributed by atoms with E-state index in [2.05, 4.69) is 6.58 Å². The van der Waals surface area contributed by atoms with Gasteiger partial charge in [0.2, 0.25) is 10.0 Å². The van der Waals surface area contributed by atoms with Gasteiger partial charge in [-0.25, -0.2) is 8.42 Å². The fourth-order valence-electron chi connectivity index (χ4n) is 1.18. The van der Waals surface area contributed by atoms with E-state index in [1.54, 1.807) is 0 Å². The summed E-state index contributed by atoms with van der Waals surface area (Å²) in [5, 5.41) is 0. The van der Waals surface area contributed by atoms with E-state index in [0.29, 0.717) is 0 Å². The first kappa shape index (κ1) is 9.41. The van der Waals surface area contributed by atoms with Crippen LogP contribution in [-0.2, 0) is 14.8 Å². The number of ketones is 1. The number of hydrogen-bond donors (Lipinski definition) is 0. The van der Waals surface area contributed by atoms with Crippen LogP contribution in [0.4, 0.5) is 0 Å². The second-order valence-electron chi connectivity index (χ2n) is 2.76. The molecule has 0 aromatic rings. The SMILES string of the molecule is C=CCN1C(C(C)=O)CS1(=O)=O. The summed E-state index contributed by atoms with van der Waals surface area (Å²) in [5.74, 6) is -0.150. The Morgan fingerprint density at radius 1 is 1.75 bits per heavy atom. The van der Waals surface area contributed by atoms with Gasteiger partial charge in [-0.1, -0.05) is 6.08 Å². The minimum absolute atomic E-state index is 0.0455. The molecule has 1 aliphatic rings. The molecule has 1 aliphatic heterocycles. The maximum Gasteiger partial charge on any atom is 0.217 e. The van der Waals surface area contributed by atoms with E-state index in [1.807, 2.05) is 0 Å². The topological polar surface area (TPSA) is 54.5 Å². The van der Waals surface area contributed by atoms with Crippen molar-refractivity contribution in [2.75, 3.05) is 12.3 Å². The van der Waals surface area contributed by atoms with Crippen molar-refractivity contribution in [1.29, 1.82) is 0 Å². The third-order valence-electron chi connectivity index (χ3n) is 1.85. The molecule has 0 spiro atoms. The molecule has 68 valence electrons. The molecule has 1 rings (SSSR count). The van der Waals surface area contributed by atoms with Crippen LogP contribution in [0, 0.1) is 0 Å². The van der Waals surface area contributed by atoms with Gasteiger partial charge >= 0.3 is 0 Å². The Hall–Kier alpha value is -0.680. The van der Waals surface area contributed by atoms with Gasteiger partial charge in [0.25, 0.3) is 0 Å². The molecule has 12 heavy (non-hydrogen) atoms. The fraction of sp³-hybridized carbons (Fsp3) is 0.571. The smallest absolute Gasteiger partial charge is 0.217 e. The first-order chi connectivity index (χ1) is 5.49. The minimum Gasteiger partial charge on any atom is -0.298 e. The molecule has 5 heteroatoms. The maximum atomic E-state index is 11.0. The highest BCUT2D eigenvalue weighted by atomic mass is 32.2. The monoisotopic (exact) mass is 189 g/mol. The third kappa shape index (κ3) is 1.42. The molecule has 0 bridgehead atoms. The van der Waals surface area contributed by atoms with E-state index in [4.69, 9.17) is 0 Å². The summed E-state index contributed by atoms with van der Waals surface area (Å²) in [6.45, 7) is 5.05. The predicted octanol–water partition coefficient (Wildman–Crippen LogP) is -0.225. The summed E-state index contributed by atoms with van der Waals surface area (Å²) in [6, 6.07) is -0.451. The second-order valence-corrected chi connectivity index (χ2v) is 4.73. The van der Waals surface area contributed by atoms with Crippen molar-refractivity contribution in [3.05, 3.63) is 12.7 Å². The minimum atomic E-state index is -3.14. The van der Waals surface area contributed by atoms with Crippen molar-refractivity contribution in [3.63, 3.8) is 0 Å². The van der Waals surface area contributed by atoms with Gasteiger partial charge in [-0.3, -0.25) is 4.79 Å². The van der Waals surface area contributed by atoms with Gasteiger partial charge in [-0.2, -0.15) is 4.31 Å². The second kappa shape index (κ2) is 2.99. The maximum absolute atomic E-state index is 11.0. The molecule has 0 aliphatic carbocycles. The number of nitrogens with zero attached hydrogens (tertiary/aromatic N) is 1. The van der Waals surface area contributed by atoms with Crippen LogP contribution < -0.4 is 0 Å². The molecule has 1 unspecified atom stereocenters. The summed E-state index contributed by atoms with van der Waals surface area (Å²) in [4.78, 5) is 10.9. The average Bonchev–Trinajstić information content (AvgIpc) is 1.96. The highest BCUT2D eigenvalue weighted by Gasteiger charge is 2.44. The van der Waals surface area contributed by atoms with E-state index in [9.17, 15) is 13.2 Å². The van der Waals surface area contributed by atoms with Crippen molar-refractivity contribution in [2.45, 2.75) is 13.0 Å². The molecular weight excluding hydrogens is 178 g/mol. The molecule has 0 radical (unpaired) electrons. The zero-order valence-corrected chi connectivity index (χ0v) is 7.67. The summed E-state index contributed by atoms with van der Waals surface area (Å²) >= 11 is 0. The van der Waals surface area contributed by atoms with Crippen LogP contribution in [0.25, 0.3) is 0 Å². The Bertz CT molecular complexity index is 307. The van der Waals surface area contributed by atoms with Crippen molar-refractivity contribution in [1.82, 2.24) is 4.31 Å². The van der Waals surface area contributed by atoms with Gasteiger partial charge in [0.15, 0.2) is 0 Å². The van der Waals surface area contributed by atoms with E-state index in [1.165, 1.54) is 17.3 Å². The van der Waals surface area contributed by atoms with E-state index in [0.717, 1.165) is 0 Å². The van der Waals surface area contributed by atoms with Gasteiger partial charge in [0.1, 0.15) is 5.78 Å². The largest absolute Gasteiger partial charge is 0.298 e. The van der Waals surface area contributed by atoms with Gasteiger partial charge < -0.3 is 0 Å². The van der Waals surface area contributed by atoms with Crippen LogP contribution in [0.15, 0.2) is 12.7 Å². The number of hydrogen-bond acceptors (Lipinski definition) is 3. The Morgan fingerprint density at radius 2 is 2.33 bits per heavy atom. The van der Waals surface area contributed by atoms with Crippen molar-refractivity contribution >= 4 is 15.8 Å². The molecular formula is C7H11NO3S. The molecule has 1 saturated heterocycles. The predicted molar refractivity (Wildman–Crippen MR) is 45.2 cm³/mol. The number of carbonyl (C=O) groups excluding carboxylic acids is 1. The molecule has 1 atom stereocenters. The molecule has 0 aromatic carbocycles. The number of rotatable bonds is 3. The lowest BCUT2D eigenvalue weighted by atomic mass is 10.2. The quantitative estimate of drug-likeness (QED) is 0.576. The Balaban J connectivity index is 2.76. The first-order valence-corrected chi connectivity index (χ1v) is 5.21. The molecule has 0 aromatic heterocycles. The number of carbonyl (C=O) groups is 1. The van der Waals surface area contributed by atoms with E-state index in [-0.39, 0.29) is 18.1 Å². The standard InChI is InChI=1S/C7H11NO3S/c1-3-4-8-7(6(2)9)5-12(8,10)11/h3,7H,1,4-5H2,2H3. The summed E-state index contributed by atoms with van der Waals surface area (Å²) in [6.07, 6.45) is 1.48. The van der Waals surface area contributed by atoms with E-state index < -0.39 is 16.1 Å². The Morgan fingerprint density at radius 3 is 2.67 bits per heavy atom. The van der Waals surface area contributed by atoms with E-state index >= 15 is 0 Å². The van der Waals surface area contributed by atoms with Gasteiger partial charge in [0, 0.05) is 6.54 Å². The summed E-state index contributed by atoms with van der Waals surface area (Å²) in [7, 11) is -3.14. The van der Waals surface area contributed by atoms with Crippen LogP contribution >= 0.6 is 0 Å². The number of Topliss-reactive ketones (excluding diaryl/α,β-unsaturated/α-hetero) is 1. The van der Waals surface area contributed by atoms with Gasteiger partial charge in [-0.05, 0) is 6.92 Å². The lowest BCUT2D eigenvalue weighted by Gasteiger charge is -2.37. The molecule has 4 nitrogen and oxygen atoms in total. The highest BCUT2D eigenvalue weighted by Crippen LogP contribution is 2.21. The van der Waals surface area contributed by atoms with Crippen molar-refractivity contribution in [3.8, 4) is 0 Å². The fourth-order valence-corrected chi connectivity index (χ4v) is 2.87. The van der Waals surface area contributed by atoms with Crippen LogP contribution in [0.3, 0.4) is 0 Å². The van der Waals surface area contributed by atoms with Crippen LogP contribution in [0.1, 0.15) is 6.92 Å². The highest BCUT2D eigenvalue weighted by molar-refractivity contribution is 7.90. The van der Waals surface area contributed by atoms with Crippen molar-refractivity contribution < 1.29 is 13.2 Å². The Labute approximate surface area is 71.9 Å². The molecule has 1 heterocycles. The van der Waals surface area contributed by atoms with Gasteiger partial charge in [-0.15, -0.1) is 6.58 Å². The zero-order valence-electron chi connectivity index (χ0n) is 6.86. The molecule has 1 fully saturated rings. The van der Waals surface area contributed by atoms with Crippen LogP contribution in [-0.4, -0.2) is 36.8 Å². The summed E-state index contributed by atoms with van der Waals surface area (Å²) in [5.41, 5.74) is 0. The van der Waals surface area contributed by atoms with Crippen LogP contribution in [0.5, 0.6) is 0 Å². The first-order valence-electron chi connectivity index (χ1n) is 3.60. The average molecular weight is 189 g/mol. The summed E-state index contributed by atoms with van der Waals surface area (Å²) < 4.78 is 23.3.